The number of aryl methyl sites for hydroxylation is 1. The van der Waals surface area contributed by atoms with Gasteiger partial charge in [-0.1, -0.05) is 5.16 Å². The van der Waals surface area contributed by atoms with Crippen LogP contribution in [0.1, 0.15) is 18.1 Å². The summed E-state index contributed by atoms with van der Waals surface area (Å²) in [5, 5.41) is 3.78. The standard InChI is InChI=1S/C9H15FN4O/c1-6-12-9(13-15-6)5-14-4-7(10)2-8(14)3-11/h7-8H,2-5,11H2,1H3/t7-,8+/m0/s1. The maximum atomic E-state index is 13.2. The van der Waals surface area contributed by atoms with Gasteiger partial charge in [0.1, 0.15) is 6.17 Å². The minimum Gasteiger partial charge on any atom is -0.340 e. The number of likely N-dealkylation sites (tertiary alicyclic amines) is 1. The number of hydrogen-bond acceptors (Lipinski definition) is 5. The van der Waals surface area contributed by atoms with E-state index < -0.39 is 6.17 Å². The van der Waals surface area contributed by atoms with Crippen molar-refractivity contribution in [1.29, 1.82) is 0 Å². The average molecular weight is 214 g/mol. The molecule has 1 aromatic rings. The molecule has 15 heavy (non-hydrogen) atoms. The average Bonchev–Trinajstić information content (AvgIpc) is 2.73. The van der Waals surface area contributed by atoms with Gasteiger partial charge in [0.15, 0.2) is 5.82 Å². The van der Waals surface area contributed by atoms with E-state index in [1.807, 2.05) is 4.90 Å². The Labute approximate surface area is 87.4 Å². The van der Waals surface area contributed by atoms with Crippen LogP contribution in [0, 0.1) is 6.92 Å². The first-order valence-electron chi connectivity index (χ1n) is 5.06. The van der Waals surface area contributed by atoms with E-state index >= 15 is 0 Å². The molecule has 1 aliphatic heterocycles. The first kappa shape index (κ1) is 10.5. The maximum absolute atomic E-state index is 13.2. The second kappa shape index (κ2) is 4.24. The Kier molecular flexibility index (Phi) is 2.97. The Bertz CT molecular complexity index is 330. The monoisotopic (exact) mass is 214 g/mol. The van der Waals surface area contributed by atoms with Gasteiger partial charge < -0.3 is 10.3 Å². The smallest absolute Gasteiger partial charge is 0.223 e. The summed E-state index contributed by atoms with van der Waals surface area (Å²) in [6.07, 6.45) is -0.278. The number of nitrogens with zero attached hydrogens (tertiary/aromatic N) is 3. The second-order valence-electron chi connectivity index (χ2n) is 3.88. The first-order chi connectivity index (χ1) is 7.19. The lowest BCUT2D eigenvalue weighted by atomic mass is 10.2. The molecule has 0 unspecified atom stereocenters. The lowest BCUT2D eigenvalue weighted by Crippen LogP contribution is -2.35. The van der Waals surface area contributed by atoms with Crippen molar-refractivity contribution >= 4 is 0 Å². The van der Waals surface area contributed by atoms with Crippen molar-refractivity contribution in [3.05, 3.63) is 11.7 Å². The molecule has 6 heteroatoms. The third kappa shape index (κ3) is 2.32. The van der Waals surface area contributed by atoms with Gasteiger partial charge in [0.05, 0.1) is 6.54 Å². The molecule has 1 aliphatic rings. The van der Waals surface area contributed by atoms with Crippen molar-refractivity contribution in [2.45, 2.75) is 32.1 Å². The van der Waals surface area contributed by atoms with Crippen LogP contribution in [0.5, 0.6) is 0 Å². The van der Waals surface area contributed by atoms with Gasteiger partial charge in [-0.15, -0.1) is 0 Å². The topological polar surface area (TPSA) is 68.2 Å². The molecule has 2 heterocycles. The van der Waals surface area contributed by atoms with Gasteiger partial charge in [0.2, 0.25) is 5.89 Å². The van der Waals surface area contributed by atoms with E-state index in [1.165, 1.54) is 0 Å². The molecule has 1 fully saturated rings. The number of alkyl halides is 1. The fourth-order valence-corrected chi connectivity index (χ4v) is 1.95. The van der Waals surface area contributed by atoms with Crippen molar-refractivity contribution in [3.8, 4) is 0 Å². The van der Waals surface area contributed by atoms with Gasteiger partial charge in [-0.3, -0.25) is 4.90 Å². The van der Waals surface area contributed by atoms with Crippen LogP contribution in [-0.2, 0) is 6.54 Å². The molecular formula is C9H15FN4O. The molecule has 0 aromatic carbocycles. The molecular weight excluding hydrogens is 199 g/mol. The van der Waals surface area contributed by atoms with Gasteiger partial charge in [0, 0.05) is 26.1 Å². The van der Waals surface area contributed by atoms with Crippen molar-refractivity contribution in [2.24, 2.45) is 5.73 Å². The van der Waals surface area contributed by atoms with Crippen LogP contribution in [0.4, 0.5) is 4.39 Å². The highest BCUT2D eigenvalue weighted by Gasteiger charge is 2.31. The summed E-state index contributed by atoms with van der Waals surface area (Å²) >= 11 is 0. The van der Waals surface area contributed by atoms with E-state index in [0.29, 0.717) is 37.8 Å². The SMILES string of the molecule is Cc1nc(CN2C[C@@H](F)C[C@@H]2CN)no1. The Morgan fingerprint density at radius 2 is 2.47 bits per heavy atom. The molecule has 0 amide bonds. The summed E-state index contributed by atoms with van der Waals surface area (Å²) in [5.41, 5.74) is 5.57. The number of nitrogens with two attached hydrogens (primary N) is 1. The van der Waals surface area contributed by atoms with E-state index in [2.05, 4.69) is 10.1 Å². The quantitative estimate of drug-likeness (QED) is 0.781. The summed E-state index contributed by atoms with van der Waals surface area (Å²) < 4.78 is 18.0. The summed E-state index contributed by atoms with van der Waals surface area (Å²) in [7, 11) is 0. The Morgan fingerprint density at radius 1 is 1.67 bits per heavy atom. The minimum absolute atomic E-state index is 0.0961. The molecule has 0 saturated carbocycles. The third-order valence-electron chi connectivity index (χ3n) is 2.66. The lowest BCUT2D eigenvalue weighted by molar-refractivity contribution is 0.229. The summed E-state index contributed by atoms with van der Waals surface area (Å²) in [4.78, 5) is 6.05. The van der Waals surface area contributed by atoms with Crippen LogP contribution in [-0.4, -0.2) is 40.3 Å². The second-order valence-corrected chi connectivity index (χ2v) is 3.88. The van der Waals surface area contributed by atoms with Crippen LogP contribution < -0.4 is 5.73 Å². The highest BCUT2D eigenvalue weighted by atomic mass is 19.1. The van der Waals surface area contributed by atoms with Crippen LogP contribution in [0.15, 0.2) is 4.52 Å². The highest BCUT2D eigenvalue weighted by molar-refractivity contribution is 4.91. The van der Waals surface area contributed by atoms with Crippen molar-refractivity contribution in [1.82, 2.24) is 15.0 Å². The highest BCUT2D eigenvalue weighted by Crippen LogP contribution is 2.21. The molecule has 0 bridgehead atoms. The third-order valence-corrected chi connectivity index (χ3v) is 2.66. The zero-order valence-corrected chi connectivity index (χ0v) is 8.69. The van der Waals surface area contributed by atoms with Crippen LogP contribution >= 0.6 is 0 Å². The van der Waals surface area contributed by atoms with Gasteiger partial charge >= 0.3 is 0 Å². The molecule has 84 valence electrons. The fraction of sp³-hybridized carbons (Fsp3) is 0.778. The zero-order valence-electron chi connectivity index (χ0n) is 8.69. The largest absolute Gasteiger partial charge is 0.340 e. The number of hydrogen-bond donors (Lipinski definition) is 1. The van der Waals surface area contributed by atoms with E-state index in [0.717, 1.165) is 0 Å². The fourth-order valence-electron chi connectivity index (χ4n) is 1.95. The molecule has 1 aromatic heterocycles. The van der Waals surface area contributed by atoms with Crippen molar-refractivity contribution in [3.63, 3.8) is 0 Å². The molecule has 2 atom stereocenters. The normalized spacial score (nSPS) is 27.4. The summed E-state index contributed by atoms with van der Waals surface area (Å²) in [5.74, 6) is 1.13. The van der Waals surface area contributed by atoms with Gasteiger partial charge in [-0.2, -0.15) is 4.98 Å². The zero-order chi connectivity index (χ0) is 10.8. The molecule has 2 N–H and O–H groups in total. The minimum atomic E-state index is -0.786. The van der Waals surface area contributed by atoms with Crippen molar-refractivity contribution < 1.29 is 8.91 Å². The predicted octanol–water partition coefficient (Wildman–Crippen LogP) is 0.249. The molecule has 5 nitrogen and oxygen atoms in total. The van der Waals surface area contributed by atoms with Crippen LogP contribution in [0.3, 0.4) is 0 Å². The van der Waals surface area contributed by atoms with Gasteiger partial charge in [0.25, 0.3) is 0 Å². The van der Waals surface area contributed by atoms with Crippen molar-refractivity contribution in [2.75, 3.05) is 13.1 Å². The summed E-state index contributed by atoms with van der Waals surface area (Å²) in [6.45, 7) is 3.13. The van der Waals surface area contributed by atoms with E-state index in [1.54, 1.807) is 6.92 Å². The molecule has 0 spiro atoms. The van der Waals surface area contributed by atoms with Crippen LogP contribution in [0.2, 0.25) is 0 Å². The molecule has 2 rings (SSSR count). The number of aromatic nitrogens is 2. The molecule has 0 radical (unpaired) electrons. The van der Waals surface area contributed by atoms with Gasteiger partial charge in [-0.25, -0.2) is 4.39 Å². The molecule has 1 saturated heterocycles. The maximum Gasteiger partial charge on any atom is 0.223 e. The lowest BCUT2D eigenvalue weighted by Gasteiger charge is -2.20. The van der Waals surface area contributed by atoms with E-state index in [-0.39, 0.29) is 6.04 Å². The van der Waals surface area contributed by atoms with E-state index in [4.69, 9.17) is 10.3 Å². The number of halogens is 1. The Hall–Kier alpha value is -1.01. The van der Waals surface area contributed by atoms with Gasteiger partial charge in [-0.05, 0) is 6.42 Å². The van der Waals surface area contributed by atoms with Crippen LogP contribution in [0.25, 0.3) is 0 Å². The Morgan fingerprint density at radius 3 is 3.07 bits per heavy atom. The number of rotatable bonds is 3. The first-order valence-corrected chi connectivity index (χ1v) is 5.06. The summed E-state index contributed by atoms with van der Waals surface area (Å²) in [6, 6.07) is 0.0961. The Balaban J connectivity index is 1.99. The predicted molar refractivity (Wildman–Crippen MR) is 51.8 cm³/mol. The van der Waals surface area contributed by atoms with E-state index in [9.17, 15) is 4.39 Å². The molecule has 0 aliphatic carbocycles.